The van der Waals surface area contributed by atoms with Crippen molar-refractivity contribution in [3.63, 3.8) is 0 Å². The Morgan fingerprint density at radius 2 is 1.97 bits per heavy atom. The summed E-state index contributed by atoms with van der Waals surface area (Å²) in [6.45, 7) is 8.20. The average Bonchev–Trinajstić information content (AvgIpc) is 3.25. The predicted molar refractivity (Wildman–Crippen MR) is 118 cm³/mol. The minimum absolute atomic E-state index is 0.111. The van der Waals surface area contributed by atoms with E-state index < -0.39 is 21.7 Å². The number of hydrogen-bond acceptors (Lipinski definition) is 5. The molecule has 166 valence electrons. The summed E-state index contributed by atoms with van der Waals surface area (Å²) in [7, 11) is -3.81. The minimum atomic E-state index is -3.81. The molecule has 0 unspecified atom stereocenters. The highest BCUT2D eigenvalue weighted by atomic mass is 32.2. The zero-order chi connectivity index (χ0) is 22.6. The first-order chi connectivity index (χ1) is 14.5. The summed E-state index contributed by atoms with van der Waals surface area (Å²) in [5.41, 5.74) is 0.642. The average molecular weight is 446 g/mol. The number of nitrogens with one attached hydrogen (secondary N) is 1. The highest BCUT2D eigenvalue weighted by molar-refractivity contribution is 7.89. The van der Waals surface area contributed by atoms with Gasteiger partial charge in [-0.25, -0.2) is 13.2 Å². The maximum atomic E-state index is 13.5. The Kier molecular flexibility index (Phi) is 5.21. The summed E-state index contributed by atoms with van der Waals surface area (Å²) in [5, 5.41) is 3.98. The summed E-state index contributed by atoms with van der Waals surface area (Å²) in [6.07, 6.45) is -0.0535. The molecule has 2 aliphatic heterocycles. The largest absolute Gasteiger partial charge is 0.444 e. The molecule has 0 radical (unpaired) electrons. The molecule has 1 fully saturated rings. The Hall–Kier alpha value is -2.65. The second-order valence-electron chi connectivity index (χ2n) is 8.86. The van der Waals surface area contributed by atoms with Crippen LogP contribution in [0.25, 0.3) is 10.8 Å². The standard InChI is InChI=1S/C22H27N3O5S/c1-5-25-17-9-10-18(15-7-6-8-16(19(15)17)20(25)26)31(28,29)24-12-11-14(13-24)23-21(27)30-22(2,3)4/h6-10,14H,5,11-13H2,1-4H3,(H,23,27)/t14-/m1/s1. The Morgan fingerprint density at radius 3 is 2.65 bits per heavy atom. The highest BCUT2D eigenvalue weighted by Gasteiger charge is 2.37. The van der Waals surface area contributed by atoms with E-state index in [1.165, 1.54) is 4.31 Å². The SMILES string of the molecule is CCN1C(=O)c2cccc3c(S(=O)(=O)N4CC[C@@H](NC(=O)OC(C)(C)C)C4)ccc1c23. The monoisotopic (exact) mass is 445 g/mol. The molecule has 31 heavy (non-hydrogen) atoms. The fraction of sp³-hybridized carbons (Fsp3) is 0.455. The van der Waals surface area contributed by atoms with Gasteiger partial charge in [-0.2, -0.15) is 4.31 Å². The van der Waals surface area contributed by atoms with E-state index in [0.717, 1.165) is 5.69 Å². The molecule has 0 spiro atoms. The maximum absolute atomic E-state index is 13.5. The quantitative estimate of drug-likeness (QED) is 0.780. The topological polar surface area (TPSA) is 96.0 Å². The Balaban J connectivity index is 1.62. The van der Waals surface area contributed by atoms with Gasteiger partial charge in [0.1, 0.15) is 5.60 Å². The van der Waals surface area contributed by atoms with Gasteiger partial charge < -0.3 is 15.0 Å². The second kappa shape index (κ2) is 7.49. The third-order valence-electron chi connectivity index (χ3n) is 5.55. The molecule has 0 aliphatic carbocycles. The van der Waals surface area contributed by atoms with Gasteiger partial charge >= 0.3 is 6.09 Å². The van der Waals surface area contributed by atoms with Crippen molar-refractivity contribution in [1.29, 1.82) is 0 Å². The van der Waals surface area contributed by atoms with E-state index in [-0.39, 0.29) is 23.4 Å². The molecule has 2 heterocycles. The van der Waals surface area contributed by atoms with Crippen molar-refractivity contribution in [3.8, 4) is 0 Å². The van der Waals surface area contributed by atoms with E-state index in [1.54, 1.807) is 56.0 Å². The van der Waals surface area contributed by atoms with Crippen LogP contribution in [0.5, 0.6) is 0 Å². The molecule has 2 aromatic rings. The smallest absolute Gasteiger partial charge is 0.407 e. The molecule has 2 aromatic carbocycles. The third kappa shape index (κ3) is 3.76. The fourth-order valence-corrected chi connectivity index (χ4v) is 5.92. The third-order valence-corrected chi connectivity index (χ3v) is 7.47. The summed E-state index contributed by atoms with van der Waals surface area (Å²) in [6, 6.07) is 8.16. The first kappa shape index (κ1) is 21.6. The Bertz CT molecular complexity index is 1170. The fourth-order valence-electron chi connectivity index (χ4n) is 4.24. The van der Waals surface area contributed by atoms with Crippen LogP contribution in [-0.4, -0.2) is 56.0 Å². The van der Waals surface area contributed by atoms with E-state index in [1.807, 2.05) is 6.92 Å². The van der Waals surface area contributed by atoms with Gasteiger partial charge in [-0.15, -0.1) is 0 Å². The predicted octanol–water partition coefficient (Wildman–Crippen LogP) is 3.11. The number of alkyl carbamates (subject to hydrolysis) is 1. The molecule has 1 atom stereocenters. The molecule has 9 heteroatoms. The van der Waals surface area contributed by atoms with Crippen LogP contribution < -0.4 is 10.2 Å². The molecular formula is C22H27N3O5S. The molecule has 0 saturated carbocycles. The van der Waals surface area contributed by atoms with Gasteiger partial charge in [-0.3, -0.25) is 4.79 Å². The zero-order valence-corrected chi connectivity index (χ0v) is 19.0. The first-order valence-corrected chi connectivity index (χ1v) is 11.8. The lowest BCUT2D eigenvalue weighted by Gasteiger charge is -2.22. The van der Waals surface area contributed by atoms with Crippen molar-refractivity contribution < 1.29 is 22.7 Å². The van der Waals surface area contributed by atoms with E-state index in [9.17, 15) is 18.0 Å². The van der Waals surface area contributed by atoms with Crippen LogP contribution in [0, 0.1) is 0 Å². The summed E-state index contributed by atoms with van der Waals surface area (Å²) in [4.78, 5) is 26.6. The zero-order valence-electron chi connectivity index (χ0n) is 18.1. The number of sulfonamides is 1. The molecule has 0 aromatic heterocycles. The molecule has 2 amide bonds. The lowest BCUT2D eigenvalue weighted by Crippen LogP contribution is -2.41. The number of carbonyl (C=O) groups is 2. The van der Waals surface area contributed by atoms with Gasteiger partial charge in [0.2, 0.25) is 10.0 Å². The lowest BCUT2D eigenvalue weighted by molar-refractivity contribution is 0.0507. The van der Waals surface area contributed by atoms with Gasteiger partial charge in [-0.1, -0.05) is 12.1 Å². The van der Waals surface area contributed by atoms with Crippen molar-refractivity contribution in [2.75, 3.05) is 24.5 Å². The van der Waals surface area contributed by atoms with E-state index in [0.29, 0.717) is 35.8 Å². The van der Waals surface area contributed by atoms with Crippen molar-refractivity contribution in [3.05, 3.63) is 35.9 Å². The summed E-state index contributed by atoms with van der Waals surface area (Å²) in [5.74, 6) is -0.111. The normalized spacial score (nSPS) is 19.3. The van der Waals surface area contributed by atoms with Gasteiger partial charge in [0.05, 0.1) is 10.6 Å². The number of anilines is 1. The number of amides is 2. The van der Waals surface area contributed by atoms with Crippen LogP contribution in [0.2, 0.25) is 0 Å². The number of benzene rings is 2. The maximum Gasteiger partial charge on any atom is 0.407 e. The number of hydrogen-bond donors (Lipinski definition) is 1. The number of nitrogens with zero attached hydrogens (tertiary/aromatic N) is 2. The highest BCUT2D eigenvalue weighted by Crippen LogP contribution is 2.40. The van der Waals surface area contributed by atoms with Crippen LogP contribution in [0.4, 0.5) is 10.5 Å². The van der Waals surface area contributed by atoms with E-state index in [4.69, 9.17) is 4.74 Å². The summed E-state index contributed by atoms with van der Waals surface area (Å²) >= 11 is 0. The van der Waals surface area contributed by atoms with Crippen molar-refractivity contribution in [2.45, 2.75) is 50.7 Å². The number of ether oxygens (including phenoxy) is 1. The van der Waals surface area contributed by atoms with E-state index >= 15 is 0 Å². The van der Waals surface area contributed by atoms with Crippen LogP contribution in [0.1, 0.15) is 44.5 Å². The number of carbonyl (C=O) groups excluding carboxylic acids is 2. The van der Waals surface area contributed by atoms with Crippen molar-refractivity contribution in [2.24, 2.45) is 0 Å². The molecule has 0 bridgehead atoms. The van der Waals surface area contributed by atoms with Crippen LogP contribution in [0.15, 0.2) is 35.2 Å². The Morgan fingerprint density at radius 1 is 1.23 bits per heavy atom. The Labute approximate surface area is 182 Å². The van der Waals surface area contributed by atoms with Gasteiger partial charge in [-0.05, 0) is 52.3 Å². The van der Waals surface area contributed by atoms with Crippen LogP contribution in [0.3, 0.4) is 0 Å². The molecule has 2 aliphatic rings. The minimum Gasteiger partial charge on any atom is -0.444 e. The van der Waals surface area contributed by atoms with Crippen LogP contribution in [-0.2, 0) is 14.8 Å². The number of rotatable bonds is 4. The van der Waals surface area contributed by atoms with E-state index in [2.05, 4.69) is 5.32 Å². The molecule has 1 saturated heterocycles. The molecule has 4 rings (SSSR count). The first-order valence-electron chi connectivity index (χ1n) is 10.4. The van der Waals surface area contributed by atoms with Gasteiger partial charge in [0.15, 0.2) is 0 Å². The second-order valence-corrected chi connectivity index (χ2v) is 10.8. The lowest BCUT2D eigenvalue weighted by atomic mass is 10.1. The van der Waals surface area contributed by atoms with Crippen molar-refractivity contribution in [1.82, 2.24) is 9.62 Å². The van der Waals surface area contributed by atoms with Gasteiger partial charge in [0.25, 0.3) is 5.91 Å². The van der Waals surface area contributed by atoms with Gasteiger partial charge in [0, 0.05) is 42.0 Å². The van der Waals surface area contributed by atoms with Crippen LogP contribution >= 0.6 is 0 Å². The molecular weight excluding hydrogens is 418 g/mol. The summed E-state index contributed by atoms with van der Waals surface area (Å²) < 4.78 is 33.6. The molecule has 1 N–H and O–H groups in total. The van der Waals surface area contributed by atoms with Crippen molar-refractivity contribution >= 4 is 38.5 Å². The molecule has 8 nitrogen and oxygen atoms in total.